The van der Waals surface area contributed by atoms with Crippen molar-refractivity contribution in [3.05, 3.63) is 33.0 Å². The maximum atomic E-state index is 12.6. The summed E-state index contributed by atoms with van der Waals surface area (Å²) >= 11 is 0. The topological polar surface area (TPSA) is 104 Å². The predicted molar refractivity (Wildman–Crippen MR) is 107 cm³/mol. The largest absolute Gasteiger partial charge is 1.00 e. The van der Waals surface area contributed by atoms with Crippen LogP contribution >= 0.6 is 0 Å². The average molecular weight is 441 g/mol. The van der Waals surface area contributed by atoms with Crippen molar-refractivity contribution < 1.29 is 64.6 Å². The van der Waals surface area contributed by atoms with Gasteiger partial charge in [-0.05, 0) is 79.3 Å². The van der Waals surface area contributed by atoms with Gasteiger partial charge in [0.15, 0.2) is 16.1 Å². The number of hydrogen-bond donors (Lipinski definition) is 1. The second kappa shape index (κ2) is 9.77. The van der Waals surface area contributed by atoms with Gasteiger partial charge in [-0.3, -0.25) is 9.69 Å². The summed E-state index contributed by atoms with van der Waals surface area (Å²) in [4.78, 5) is 14.4. The zero-order chi connectivity index (χ0) is 19.7. The van der Waals surface area contributed by atoms with Crippen LogP contribution in [0.3, 0.4) is 0 Å². The first-order valence-electron chi connectivity index (χ1n) is 10.0. The number of nitriles is 1. The summed E-state index contributed by atoms with van der Waals surface area (Å²) in [6.07, 6.45) is 6.80. The Morgan fingerprint density at radius 2 is 1.72 bits per heavy atom. The zero-order valence-corrected chi connectivity index (χ0v) is 20.8. The molecular weight excluding hydrogens is 415 g/mol. The number of nitrogens with zero attached hydrogens (tertiary/aromatic N) is 3. The maximum Gasteiger partial charge on any atom is 1.00 e. The fraction of sp³-hybridized carbons (Fsp3) is 0.600. The number of fused-ring (bicyclic) bond motifs is 2. The third kappa shape index (κ3) is 5.06. The molecule has 1 aromatic rings. The van der Waals surface area contributed by atoms with Crippen molar-refractivity contribution in [2.75, 3.05) is 25.0 Å². The van der Waals surface area contributed by atoms with E-state index in [4.69, 9.17) is 5.26 Å². The van der Waals surface area contributed by atoms with Gasteiger partial charge in [-0.15, -0.1) is 0 Å². The summed E-state index contributed by atoms with van der Waals surface area (Å²) in [6.45, 7) is 1.37. The van der Waals surface area contributed by atoms with Crippen LogP contribution in [-0.4, -0.2) is 44.2 Å². The van der Waals surface area contributed by atoms with Crippen LogP contribution in [0.4, 0.5) is 10.5 Å². The summed E-state index contributed by atoms with van der Waals surface area (Å²) in [7, 11) is -3.87. The van der Waals surface area contributed by atoms with Gasteiger partial charge in [0, 0.05) is 13.1 Å². The van der Waals surface area contributed by atoms with Crippen LogP contribution in [0.25, 0.3) is 4.72 Å². The third-order valence-electron chi connectivity index (χ3n) is 6.17. The minimum absolute atomic E-state index is 0. The number of rotatable bonds is 4. The van der Waals surface area contributed by atoms with E-state index in [0.717, 1.165) is 55.3 Å². The molecule has 3 aliphatic rings. The molecule has 0 atom stereocenters. The SMILES string of the molecule is N#CCN1CCC(S(=O)(=O)[N-]C(=O)Nc2c3c(cc4c2CCC4)CCC3)CC1.[K+]. The number of sulfonamides is 1. The Balaban J connectivity index is 0.00000240. The molecule has 1 fully saturated rings. The Bertz CT molecular complexity index is 902. The predicted octanol–water partition coefficient (Wildman–Crippen LogP) is -0.109. The molecule has 29 heavy (non-hydrogen) atoms. The number of urea groups is 1. The molecule has 1 saturated heterocycles. The van der Waals surface area contributed by atoms with Gasteiger partial charge in [0.25, 0.3) is 0 Å². The van der Waals surface area contributed by atoms with Gasteiger partial charge in [-0.2, -0.15) is 5.26 Å². The van der Waals surface area contributed by atoms with Crippen molar-refractivity contribution in [3.8, 4) is 6.07 Å². The van der Waals surface area contributed by atoms with E-state index < -0.39 is 21.3 Å². The normalized spacial score (nSPS) is 19.0. The van der Waals surface area contributed by atoms with Crippen molar-refractivity contribution in [2.45, 2.75) is 56.6 Å². The molecule has 0 bridgehead atoms. The minimum atomic E-state index is -3.87. The summed E-state index contributed by atoms with van der Waals surface area (Å²) in [5, 5.41) is 10.9. The smallest absolute Gasteiger partial charge is 0.423 e. The molecule has 0 aromatic heterocycles. The maximum absolute atomic E-state index is 12.6. The molecule has 0 saturated carbocycles. The standard InChI is InChI=1S/C20H26N4O3S.K/c21-9-12-24-10-7-16(8-11-24)28(26,27)23-20(25)22-19-17-5-1-3-14(17)13-15-4-2-6-18(15)19;/h13,16H,1-8,10-12H2,(H2,22,23,25);/q;+1/p-1. The molecule has 0 radical (unpaired) electrons. The van der Waals surface area contributed by atoms with E-state index in [1.807, 2.05) is 4.90 Å². The first-order valence-corrected chi connectivity index (χ1v) is 11.5. The number of benzene rings is 1. The second-order valence-electron chi connectivity index (χ2n) is 7.90. The number of aryl methyl sites for hydroxylation is 2. The molecule has 2 amide bonds. The van der Waals surface area contributed by atoms with Crippen LogP contribution < -0.4 is 56.7 Å². The van der Waals surface area contributed by atoms with Crippen molar-refractivity contribution in [1.82, 2.24) is 4.90 Å². The molecule has 150 valence electrons. The number of carbonyl (C=O) groups excluding carboxylic acids is 1. The molecule has 7 nitrogen and oxygen atoms in total. The van der Waals surface area contributed by atoms with Gasteiger partial charge in [0.1, 0.15) is 0 Å². The van der Waals surface area contributed by atoms with Gasteiger partial charge < -0.3 is 10.0 Å². The molecule has 0 unspecified atom stereocenters. The van der Waals surface area contributed by atoms with Gasteiger partial charge >= 0.3 is 51.4 Å². The number of anilines is 1. The quantitative estimate of drug-likeness (QED) is 0.520. The summed E-state index contributed by atoms with van der Waals surface area (Å²) in [6, 6.07) is 3.56. The number of hydrogen-bond acceptors (Lipinski definition) is 5. The number of likely N-dealkylation sites (tertiary alicyclic amines) is 1. The second-order valence-corrected chi connectivity index (χ2v) is 9.78. The van der Waals surface area contributed by atoms with Crippen LogP contribution in [0.2, 0.25) is 0 Å². The number of piperidine rings is 1. The first-order chi connectivity index (χ1) is 13.5. The van der Waals surface area contributed by atoms with Crippen molar-refractivity contribution in [3.63, 3.8) is 0 Å². The Morgan fingerprint density at radius 3 is 2.28 bits per heavy atom. The molecule has 4 rings (SSSR count). The van der Waals surface area contributed by atoms with E-state index in [-0.39, 0.29) is 51.4 Å². The summed E-state index contributed by atoms with van der Waals surface area (Å²) in [5.74, 6) is 0. The Morgan fingerprint density at radius 1 is 1.14 bits per heavy atom. The molecule has 1 N–H and O–H groups in total. The van der Waals surface area contributed by atoms with E-state index in [1.54, 1.807) is 0 Å². The molecular formula is C20H25KN4O3S. The molecule has 9 heteroatoms. The monoisotopic (exact) mass is 440 g/mol. The van der Waals surface area contributed by atoms with E-state index in [0.29, 0.717) is 32.5 Å². The first kappa shape index (κ1) is 23.2. The van der Waals surface area contributed by atoms with Crippen molar-refractivity contribution >= 4 is 21.7 Å². The van der Waals surface area contributed by atoms with Crippen molar-refractivity contribution in [1.29, 1.82) is 5.26 Å². The van der Waals surface area contributed by atoms with Crippen molar-refractivity contribution in [2.24, 2.45) is 0 Å². The van der Waals surface area contributed by atoms with Crippen LogP contribution in [0.5, 0.6) is 0 Å². The summed E-state index contributed by atoms with van der Waals surface area (Å²) < 4.78 is 28.8. The van der Waals surface area contributed by atoms with Crippen LogP contribution in [0.1, 0.15) is 47.9 Å². The molecule has 1 aromatic carbocycles. The molecule has 1 aliphatic heterocycles. The third-order valence-corrected chi connectivity index (χ3v) is 7.90. The average Bonchev–Trinajstić information content (AvgIpc) is 3.31. The van der Waals surface area contributed by atoms with Gasteiger partial charge in [0.2, 0.25) is 0 Å². The number of amides is 2. The van der Waals surface area contributed by atoms with Gasteiger partial charge in [0.05, 0.1) is 17.9 Å². The fourth-order valence-corrected chi connectivity index (χ4v) is 5.98. The Kier molecular flexibility index (Phi) is 7.81. The minimum Gasteiger partial charge on any atom is -0.423 e. The fourth-order valence-electron chi connectivity index (χ4n) is 4.75. The molecule has 2 aliphatic carbocycles. The number of nitrogens with one attached hydrogen (secondary N) is 1. The van der Waals surface area contributed by atoms with Crippen LogP contribution in [-0.2, 0) is 35.7 Å². The molecule has 0 spiro atoms. The molecule has 1 heterocycles. The summed E-state index contributed by atoms with van der Waals surface area (Å²) in [5.41, 5.74) is 5.69. The van der Waals surface area contributed by atoms with E-state index in [2.05, 4.69) is 22.2 Å². The van der Waals surface area contributed by atoms with E-state index >= 15 is 0 Å². The van der Waals surface area contributed by atoms with Gasteiger partial charge in [-0.25, -0.2) is 8.42 Å². The van der Waals surface area contributed by atoms with Crippen LogP contribution in [0, 0.1) is 11.3 Å². The zero-order valence-electron chi connectivity index (χ0n) is 16.9. The van der Waals surface area contributed by atoms with Crippen LogP contribution in [0.15, 0.2) is 6.07 Å². The van der Waals surface area contributed by atoms with E-state index in [1.165, 1.54) is 11.1 Å². The van der Waals surface area contributed by atoms with E-state index in [9.17, 15) is 13.2 Å². The Hall–Kier alpha value is -0.474. The van der Waals surface area contributed by atoms with Gasteiger partial charge in [-0.1, -0.05) is 6.07 Å². The Labute approximate surface area is 215 Å². The number of carbonyl (C=O) groups is 1.